The van der Waals surface area contributed by atoms with E-state index in [0.29, 0.717) is 13.2 Å². The van der Waals surface area contributed by atoms with Crippen molar-refractivity contribution in [2.45, 2.75) is 39.5 Å². The number of carbonyl (C=O) groups is 1. The van der Waals surface area contributed by atoms with Crippen molar-refractivity contribution in [2.75, 3.05) is 13.7 Å². The lowest BCUT2D eigenvalue weighted by Gasteiger charge is -2.19. The Morgan fingerprint density at radius 2 is 1.95 bits per heavy atom. The first kappa shape index (κ1) is 15.7. The van der Waals surface area contributed by atoms with Gasteiger partial charge < -0.3 is 14.8 Å². The number of nitrogens with one attached hydrogen (secondary N) is 1. The minimum Gasteiger partial charge on any atom is -0.459 e. The molecule has 1 aromatic carbocycles. The lowest BCUT2D eigenvalue weighted by Crippen LogP contribution is -2.31. The van der Waals surface area contributed by atoms with Crippen molar-refractivity contribution in [3.63, 3.8) is 0 Å². The number of methoxy groups -OCH3 is 1. The van der Waals surface area contributed by atoms with Crippen LogP contribution in [0.15, 0.2) is 24.3 Å². The van der Waals surface area contributed by atoms with Crippen LogP contribution in [-0.4, -0.2) is 25.2 Å². The summed E-state index contributed by atoms with van der Waals surface area (Å²) in [7, 11) is 1.67. The summed E-state index contributed by atoms with van der Waals surface area (Å²) in [5.41, 5.74) is 1.81. The summed E-state index contributed by atoms with van der Waals surface area (Å²) in [6.07, 6.45) is 0. The van der Waals surface area contributed by atoms with Gasteiger partial charge >= 0.3 is 5.97 Å². The van der Waals surface area contributed by atoms with E-state index in [4.69, 9.17) is 9.47 Å². The van der Waals surface area contributed by atoms with Gasteiger partial charge in [-0.3, -0.25) is 4.79 Å². The van der Waals surface area contributed by atoms with Crippen LogP contribution in [0.2, 0.25) is 0 Å². The van der Waals surface area contributed by atoms with Gasteiger partial charge in [-0.25, -0.2) is 0 Å². The van der Waals surface area contributed by atoms with Gasteiger partial charge in [-0.2, -0.15) is 0 Å². The molecular formula is C15H23NO3. The van der Waals surface area contributed by atoms with Crippen LogP contribution in [0.25, 0.3) is 0 Å². The maximum absolute atomic E-state index is 11.5. The fourth-order valence-corrected chi connectivity index (χ4v) is 1.68. The van der Waals surface area contributed by atoms with E-state index in [9.17, 15) is 4.79 Å². The summed E-state index contributed by atoms with van der Waals surface area (Å²) >= 11 is 0. The molecule has 0 aliphatic heterocycles. The van der Waals surface area contributed by atoms with Crippen LogP contribution >= 0.6 is 0 Å². The van der Waals surface area contributed by atoms with Gasteiger partial charge in [0.1, 0.15) is 5.60 Å². The van der Waals surface area contributed by atoms with Gasteiger partial charge in [0.2, 0.25) is 0 Å². The SMILES string of the molecule is COCc1cccc(CNCC(=O)OC(C)(C)C)c1. The fourth-order valence-electron chi connectivity index (χ4n) is 1.68. The first-order valence-corrected chi connectivity index (χ1v) is 6.40. The minimum absolute atomic E-state index is 0.214. The monoisotopic (exact) mass is 265 g/mol. The first-order chi connectivity index (χ1) is 8.90. The molecule has 1 N–H and O–H groups in total. The van der Waals surface area contributed by atoms with Crippen molar-refractivity contribution in [1.29, 1.82) is 0 Å². The van der Waals surface area contributed by atoms with Gasteiger partial charge in [0.25, 0.3) is 0 Å². The molecule has 0 fully saturated rings. The molecule has 0 amide bonds. The Bertz CT molecular complexity index is 410. The second-order valence-corrected chi connectivity index (χ2v) is 5.44. The first-order valence-electron chi connectivity index (χ1n) is 6.40. The molecule has 0 aliphatic carbocycles. The molecule has 0 aliphatic rings. The van der Waals surface area contributed by atoms with Crippen molar-refractivity contribution in [1.82, 2.24) is 5.32 Å². The molecule has 19 heavy (non-hydrogen) atoms. The lowest BCUT2D eigenvalue weighted by atomic mass is 10.1. The summed E-state index contributed by atoms with van der Waals surface area (Å²) in [5.74, 6) is -0.236. The van der Waals surface area contributed by atoms with Gasteiger partial charge in [0.05, 0.1) is 13.2 Å². The largest absolute Gasteiger partial charge is 0.459 e. The molecular weight excluding hydrogens is 242 g/mol. The van der Waals surface area contributed by atoms with E-state index in [1.54, 1.807) is 7.11 Å². The maximum Gasteiger partial charge on any atom is 0.320 e. The topological polar surface area (TPSA) is 47.6 Å². The van der Waals surface area contributed by atoms with Gasteiger partial charge in [-0.1, -0.05) is 24.3 Å². The second-order valence-electron chi connectivity index (χ2n) is 5.44. The molecule has 0 heterocycles. The molecule has 4 nitrogen and oxygen atoms in total. The van der Waals surface area contributed by atoms with E-state index in [1.807, 2.05) is 39.0 Å². The molecule has 0 atom stereocenters. The standard InChI is InChI=1S/C15H23NO3/c1-15(2,3)19-14(17)10-16-9-12-6-5-7-13(8-12)11-18-4/h5-8,16H,9-11H2,1-4H3. The number of rotatable bonds is 6. The Hall–Kier alpha value is -1.39. The molecule has 0 radical (unpaired) electrons. The quantitative estimate of drug-likeness (QED) is 0.802. The summed E-state index contributed by atoms with van der Waals surface area (Å²) in [5, 5.41) is 3.08. The van der Waals surface area contributed by atoms with Crippen LogP contribution in [0.3, 0.4) is 0 Å². The van der Waals surface area contributed by atoms with Crippen molar-refractivity contribution < 1.29 is 14.3 Å². The van der Waals surface area contributed by atoms with Gasteiger partial charge in [-0.15, -0.1) is 0 Å². The highest BCUT2D eigenvalue weighted by molar-refractivity contribution is 5.72. The fraction of sp³-hybridized carbons (Fsp3) is 0.533. The molecule has 0 aromatic heterocycles. The zero-order chi connectivity index (χ0) is 14.3. The highest BCUT2D eigenvalue weighted by Crippen LogP contribution is 2.07. The third kappa shape index (κ3) is 6.94. The van der Waals surface area contributed by atoms with E-state index in [2.05, 4.69) is 11.4 Å². The molecule has 0 saturated carbocycles. The van der Waals surface area contributed by atoms with E-state index in [1.165, 1.54) is 0 Å². The molecule has 0 unspecified atom stereocenters. The van der Waals surface area contributed by atoms with Crippen LogP contribution in [0.4, 0.5) is 0 Å². The lowest BCUT2D eigenvalue weighted by molar-refractivity contribution is -0.153. The minimum atomic E-state index is -0.433. The van der Waals surface area contributed by atoms with E-state index in [0.717, 1.165) is 11.1 Å². The Balaban J connectivity index is 2.36. The Labute approximate surface area is 115 Å². The third-order valence-electron chi connectivity index (χ3n) is 2.32. The van der Waals surface area contributed by atoms with Crippen LogP contribution in [0, 0.1) is 0 Å². The average molecular weight is 265 g/mol. The van der Waals surface area contributed by atoms with Crippen molar-refractivity contribution in [2.24, 2.45) is 0 Å². The summed E-state index contributed by atoms with van der Waals surface area (Å²) < 4.78 is 10.3. The predicted octanol–water partition coefficient (Wildman–Crippen LogP) is 2.26. The van der Waals surface area contributed by atoms with E-state index < -0.39 is 5.60 Å². The van der Waals surface area contributed by atoms with Gasteiger partial charge in [0.15, 0.2) is 0 Å². The summed E-state index contributed by atoms with van der Waals surface area (Å²) in [6.45, 7) is 7.03. The Morgan fingerprint density at radius 1 is 1.26 bits per heavy atom. The van der Waals surface area contributed by atoms with Crippen LogP contribution in [-0.2, 0) is 27.4 Å². The molecule has 4 heteroatoms. The molecule has 1 aromatic rings. The zero-order valence-corrected chi connectivity index (χ0v) is 12.2. The predicted molar refractivity (Wildman–Crippen MR) is 74.7 cm³/mol. The van der Waals surface area contributed by atoms with Gasteiger partial charge in [-0.05, 0) is 31.9 Å². The van der Waals surface area contributed by atoms with Gasteiger partial charge in [0, 0.05) is 13.7 Å². The normalized spacial score (nSPS) is 11.4. The number of esters is 1. The molecule has 106 valence electrons. The second kappa shape index (κ2) is 7.26. The highest BCUT2D eigenvalue weighted by atomic mass is 16.6. The maximum atomic E-state index is 11.5. The Kier molecular flexibility index (Phi) is 5.99. The zero-order valence-electron chi connectivity index (χ0n) is 12.2. The molecule has 0 bridgehead atoms. The number of hydrogen-bond donors (Lipinski definition) is 1. The van der Waals surface area contributed by atoms with E-state index >= 15 is 0 Å². The van der Waals surface area contributed by atoms with Crippen molar-refractivity contribution in [3.05, 3.63) is 35.4 Å². The van der Waals surface area contributed by atoms with Crippen molar-refractivity contribution in [3.8, 4) is 0 Å². The molecule has 0 saturated heterocycles. The number of ether oxygens (including phenoxy) is 2. The molecule has 1 rings (SSSR count). The van der Waals surface area contributed by atoms with Crippen molar-refractivity contribution >= 4 is 5.97 Å². The van der Waals surface area contributed by atoms with Crippen LogP contribution < -0.4 is 5.32 Å². The number of benzene rings is 1. The molecule has 0 spiro atoms. The Morgan fingerprint density at radius 3 is 2.58 bits per heavy atom. The average Bonchev–Trinajstić information content (AvgIpc) is 2.27. The number of carbonyl (C=O) groups excluding carboxylic acids is 1. The van der Waals surface area contributed by atoms with Crippen LogP contribution in [0.1, 0.15) is 31.9 Å². The smallest absolute Gasteiger partial charge is 0.320 e. The van der Waals surface area contributed by atoms with Crippen LogP contribution in [0.5, 0.6) is 0 Å². The highest BCUT2D eigenvalue weighted by Gasteiger charge is 2.15. The third-order valence-corrected chi connectivity index (χ3v) is 2.32. The van der Waals surface area contributed by atoms with E-state index in [-0.39, 0.29) is 12.5 Å². The summed E-state index contributed by atoms with van der Waals surface area (Å²) in [6, 6.07) is 8.08. The number of hydrogen-bond acceptors (Lipinski definition) is 4. The summed E-state index contributed by atoms with van der Waals surface area (Å²) in [4.78, 5) is 11.5.